The number of nitrogens with one attached hydrogen (secondary N) is 1. The molecular weight excluding hydrogens is 418 g/mol. The zero-order valence-electron chi connectivity index (χ0n) is 16.6. The van der Waals surface area contributed by atoms with Crippen LogP contribution in [0.4, 0.5) is 9.93 Å². The number of ether oxygens (including phenoxy) is 1. The average Bonchev–Trinajstić information content (AvgIpc) is 3.32. The number of hydrogen-bond donors (Lipinski definition) is 3. The van der Waals surface area contributed by atoms with Crippen LogP contribution >= 0.6 is 11.3 Å². The van der Waals surface area contributed by atoms with Crippen molar-refractivity contribution in [3.05, 3.63) is 42.4 Å². The second-order valence-electron chi connectivity index (χ2n) is 7.68. The highest BCUT2D eigenvalue weighted by Gasteiger charge is 2.23. The lowest BCUT2D eigenvalue weighted by Gasteiger charge is -2.27. The zero-order valence-corrected chi connectivity index (χ0v) is 17.4. The molecule has 0 spiro atoms. The van der Waals surface area contributed by atoms with E-state index in [1.807, 2.05) is 16.7 Å². The summed E-state index contributed by atoms with van der Waals surface area (Å²) in [4.78, 5) is 24.0. The maximum Gasteiger partial charge on any atom is 0.511 e. The van der Waals surface area contributed by atoms with E-state index in [-0.39, 0.29) is 17.9 Å². The Balaban J connectivity index is 1.35. The first kappa shape index (κ1) is 19.7. The van der Waals surface area contributed by atoms with Crippen molar-refractivity contribution in [2.24, 2.45) is 0 Å². The quantitative estimate of drug-likeness (QED) is 0.401. The number of aliphatic hydroxyl groups is 1. The zero-order chi connectivity index (χ0) is 21.4. The molecule has 2 atom stereocenters. The average molecular weight is 439 g/mol. The van der Waals surface area contributed by atoms with Gasteiger partial charge in [0.25, 0.3) is 0 Å². The van der Waals surface area contributed by atoms with Gasteiger partial charge in [-0.05, 0) is 30.5 Å². The lowest BCUT2D eigenvalue weighted by atomic mass is 9.93. The molecule has 0 saturated heterocycles. The molecule has 0 bridgehead atoms. The highest BCUT2D eigenvalue weighted by Crippen LogP contribution is 2.30. The molecule has 10 heteroatoms. The van der Waals surface area contributed by atoms with Gasteiger partial charge in [-0.25, -0.2) is 19.7 Å². The Hall–Kier alpha value is -3.24. The van der Waals surface area contributed by atoms with Gasteiger partial charge in [-0.2, -0.15) is 0 Å². The van der Waals surface area contributed by atoms with Crippen molar-refractivity contribution < 1.29 is 19.7 Å². The molecule has 1 aliphatic rings. The van der Waals surface area contributed by atoms with E-state index in [0.717, 1.165) is 46.6 Å². The summed E-state index contributed by atoms with van der Waals surface area (Å²) in [6, 6.07) is 7.73. The molecule has 160 valence electrons. The third kappa shape index (κ3) is 4.17. The van der Waals surface area contributed by atoms with Crippen LogP contribution in [-0.2, 0) is 6.54 Å². The molecule has 0 radical (unpaired) electrons. The standard InChI is InChI=1S/C21H21N5O4S/c27-17-4-2-1-3-14(17)24-20-25-15-6-5-12(7-18(15)31-20)10-26-11-23-16-8-13(30-21(28)29)9-22-19(16)26/h5-9,11,14,17,27H,1-4,10H2,(H,24,25)(H,28,29)/t14-,17-/m1/s1. The number of benzene rings is 1. The molecule has 0 unspecified atom stereocenters. The largest absolute Gasteiger partial charge is 0.511 e. The van der Waals surface area contributed by atoms with Gasteiger partial charge < -0.3 is 24.8 Å². The van der Waals surface area contributed by atoms with Crippen molar-refractivity contribution in [1.82, 2.24) is 19.5 Å². The summed E-state index contributed by atoms with van der Waals surface area (Å²) in [6.45, 7) is 0.570. The summed E-state index contributed by atoms with van der Waals surface area (Å²) >= 11 is 1.59. The number of carbonyl (C=O) groups is 1. The SMILES string of the molecule is O=C(O)Oc1cnc2c(c1)ncn2Cc1ccc2nc(N[C@@H]3CCCC[C@H]3O)sc2c1. The number of thiazole rings is 1. The molecule has 0 aliphatic heterocycles. The van der Waals surface area contributed by atoms with Crippen molar-refractivity contribution in [3.8, 4) is 5.75 Å². The number of aromatic nitrogens is 4. The number of hydrogen-bond acceptors (Lipinski definition) is 8. The summed E-state index contributed by atoms with van der Waals surface area (Å²) in [7, 11) is 0. The Morgan fingerprint density at radius 3 is 2.94 bits per heavy atom. The number of aliphatic hydroxyl groups excluding tert-OH is 1. The van der Waals surface area contributed by atoms with E-state index in [9.17, 15) is 9.90 Å². The molecule has 3 aromatic heterocycles. The summed E-state index contributed by atoms with van der Waals surface area (Å²) in [6.07, 6.45) is 5.35. The number of nitrogens with zero attached hydrogens (tertiary/aromatic N) is 4. The Labute approximate surface area is 181 Å². The fourth-order valence-corrected chi connectivity index (χ4v) is 4.96. The van der Waals surface area contributed by atoms with Gasteiger partial charge in [0.15, 0.2) is 16.5 Å². The molecular formula is C21H21N5O4S. The molecule has 1 fully saturated rings. The van der Waals surface area contributed by atoms with E-state index < -0.39 is 6.16 Å². The molecule has 5 rings (SSSR count). The van der Waals surface area contributed by atoms with E-state index in [0.29, 0.717) is 17.7 Å². The lowest BCUT2D eigenvalue weighted by Crippen LogP contribution is -2.36. The normalized spacial score (nSPS) is 19.0. The van der Waals surface area contributed by atoms with Gasteiger partial charge in [0.2, 0.25) is 0 Å². The first-order chi connectivity index (χ1) is 15.0. The number of imidazole rings is 1. The van der Waals surface area contributed by atoms with E-state index in [4.69, 9.17) is 5.11 Å². The minimum absolute atomic E-state index is 0.0622. The van der Waals surface area contributed by atoms with E-state index in [1.165, 1.54) is 6.20 Å². The molecule has 3 heterocycles. The van der Waals surface area contributed by atoms with Gasteiger partial charge in [-0.3, -0.25) is 0 Å². The Morgan fingerprint density at radius 2 is 2.10 bits per heavy atom. The molecule has 9 nitrogen and oxygen atoms in total. The van der Waals surface area contributed by atoms with Crippen molar-refractivity contribution >= 4 is 44.0 Å². The monoisotopic (exact) mass is 439 g/mol. The van der Waals surface area contributed by atoms with Crippen LogP contribution in [0.25, 0.3) is 21.4 Å². The Kier molecular flexibility index (Phi) is 5.16. The molecule has 3 N–H and O–H groups in total. The van der Waals surface area contributed by atoms with Crippen LogP contribution < -0.4 is 10.1 Å². The van der Waals surface area contributed by atoms with Crippen molar-refractivity contribution in [3.63, 3.8) is 0 Å². The molecule has 1 aliphatic carbocycles. The summed E-state index contributed by atoms with van der Waals surface area (Å²) < 4.78 is 7.61. The van der Waals surface area contributed by atoms with Gasteiger partial charge in [0, 0.05) is 6.07 Å². The topological polar surface area (TPSA) is 122 Å². The van der Waals surface area contributed by atoms with Gasteiger partial charge in [-0.1, -0.05) is 30.2 Å². The van der Waals surface area contributed by atoms with E-state index in [2.05, 4.69) is 31.1 Å². The van der Waals surface area contributed by atoms with Gasteiger partial charge in [-0.15, -0.1) is 0 Å². The minimum Gasteiger partial charge on any atom is -0.449 e. The number of rotatable bonds is 5. The van der Waals surface area contributed by atoms with Gasteiger partial charge >= 0.3 is 6.16 Å². The summed E-state index contributed by atoms with van der Waals surface area (Å²) in [5.74, 6) is 0.138. The predicted octanol–water partition coefficient (Wildman–Crippen LogP) is 3.86. The van der Waals surface area contributed by atoms with Crippen LogP contribution in [0.2, 0.25) is 0 Å². The summed E-state index contributed by atoms with van der Waals surface area (Å²) in [5, 5.41) is 23.2. The molecule has 31 heavy (non-hydrogen) atoms. The molecule has 0 amide bonds. The maximum atomic E-state index is 10.7. The Morgan fingerprint density at radius 1 is 1.23 bits per heavy atom. The third-order valence-corrected chi connectivity index (χ3v) is 6.43. The smallest absolute Gasteiger partial charge is 0.449 e. The highest BCUT2D eigenvalue weighted by atomic mass is 32.1. The number of carboxylic acid groups (broad SMARTS) is 1. The van der Waals surface area contributed by atoms with Crippen LogP contribution in [-0.4, -0.2) is 48.0 Å². The van der Waals surface area contributed by atoms with Crippen LogP contribution in [0.15, 0.2) is 36.8 Å². The highest BCUT2D eigenvalue weighted by molar-refractivity contribution is 7.22. The number of anilines is 1. The molecule has 1 saturated carbocycles. The van der Waals surface area contributed by atoms with E-state index in [1.54, 1.807) is 23.7 Å². The first-order valence-electron chi connectivity index (χ1n) is 10.1. The lowest BCUT2D eigenvalue weighted by molar-refractivity contribution is 0.116. The minimum atomic E-state index is -1.38. The fraction of sp³-hybridized carbons (Fsp3) is 0.333. The first-order valence-corrected chi connectivity index (χ1v) is 10.9. The van der Waals surface area contributed by atoms with Crippen LogP contribution in [0.1, 0.15) is 31.2 Å². The van der Waals surface area contributed by atoms with Crippen molar-refractivity contribution in [2.75, 3.05) is 5.32 Å². The summed E-state index contributed by atoms with van der Waals surface area (Å²) in [5.41, 5.74) is 3.21. The van der Waals surface area contributed by atoms with E-state index >= 15 is 0 Å². The van der Waals surface area contributed by atoms with Crippen LogP contribution in [0, 0.1) is 0 Å². The Bertz CT molecular complexity index is 1250. The van der Waals surface area contributed by atoms with Crippen molar-refractivity contribution in [2.45, 2.75) is 44.4 Å². The predicted molar refractivity (Wildman–Crippen MR) is 117 cm³/mol. The van der Waals surface area contributed by atoms with Crippen molar-refractivity contribution in [1.29, 1.82) is 0 Å². The fourth-order valence-electron chi connectivity index (χ4n) is 3.97. The third-order valence-electron chi connectivity index (χ3n) is 5.48. The second kappa shape index (κ2) is 8.12. The van der Waals surface area contributed by atoms with Gasteiger partial charge in [0.05, 0.1) is 41.4 Å². The van der Waals surface area contributed by atoms with Gasteiger partial charge in [0.1, 0.15) is 5.52 Å². The molecule has 4 aromatic rings. The van der Waals surface area contributed by atoms with Crippen LogP contribution in [0.5, 0.6) is 5.75 Å². The second-order valence-corrected chi connectivity index (χ2v) is 8.71. The molecule has 1 aromatic carbocycles. The number of fused-ring (bicyclic) bond motifs is 2. The maximum absolute atomic E-state index is 10.7. The van der Waals surface area contributed by atoms with Crippen LogP contribution in [0.3, 0.4) is 0 Å². The number of pyridine rings is 1.